The Bertz CT molecular complexity index is 1310. The van der Waals surface area contributed by atoms with Gasteiger partial charge in [-0.25, -0.2) is 27.2 Å². The van der Waals surface area contributed by atoms with Crippen LogP contribution in [-0.2, 0) is 10.0 Å². The number of aliphatic imine (C=N–C) groups is 1. The number of nitrogen functional groups attached to an aromatic ring is 2. The van der Waals surface area contributed by atoms with Gasteiger partial charge in [0.25, 0.3) is 0 Å². The third-order valence-corrected chi connectivity index (χ3v) is 5.97. The molecule has 1 atom stereocenters. The van der Waals surface area contributed by atoms with Gasteiger partial charge in [0.05, 0.1) is 22.7 Å². The maximum Gasteiger partial charge on any atom is 0.232 e. The van der Waals surface area contributed by atoms with Crippen molar-refractivity contribution in [3.8, 4) is 12.3 Å². The lowest BCUT2D eigenvalue weighted by Gasteiger charge is -2.27. The maximum atomic E-state index is 15.4. The highest BCUT2D eigenvalue weighted by Crippen LogP contribution is 2.43. The average Bonchev–Trinajstić information content (AvgIpc) is 2.70. The first-order valence-corrected chi connectivity index (χ1v) is 10.8. The van der Waals surface area contributed by atoms with Gasteiger partial charge in [0, 0.05) is 5.56 Å². The molecule has 2 aromatic rings. The van der Waals surface area contributed by atoms with Crippen molar-refractivity contribution >= 4 is 39.0 Å². The second kappa shape index (κ2) is 8.52. The zero-order valence-electron chi connectivity index (χ0n) is 16.6. The Kier molecular flexibility index (Phi) is 6.00. The number of hydrogen-bond acceptors (Lipinski definition) is 10. The summed E-state index contributed by atoms with van der Waals surface area (Å²) in [4.78, 5) is 8.09. The smallest absolute Gasteiger partial charge is 0.232 e. The number of pyridine rings is 1. The number of anilines is 4. The lowest BCUT2D eigenvalue weighted by atomic mass is 9.94. The molecule has 1 unspecified atom stereocenters. The zero-order valence-corrected chi connectivity index (χ0v) is 17.4. The first-order valence-electron chi connectivity index (χ1n) is 9.10. The topological polar surface area (TPSA) is 195 Å². The summed E-state index contributed by atoms with van der Waals surface area (Å²) in [6.45, 7) is 1.63. The van der Waals surface area contributed by atoms with Crippen LogP contribution in [0.3, 0.4) is 0 Å². The van der Waals surface area contributed by atoms with E-state index in [4.69, 9.17) is 16.7 Å². The van der Waals surface area contributed by atoms with Crippen molar-refractivity contribution in [2.75, 3.05) is 27.3 Å². The van der Waals surface area contributed by atoms with Crippen molar-refractivity contribution in [3.05, 3.63) is 40.5 Å². The second-order valence-corrected chi connectivity index (χ2v) is 8.49. The van der Waals surface area contributed by atoms with Crippen molar-refractivity contribution in [1.82, 2.24) is 10.3 Å². The SMILES string of the molecule is CCCS(=O)(=O)Nc1ccc(F)c(C2N=C(NC#N)Nc3nc(N)c(C#N)c(N)c32)c1F. The minimum Gasteiger partial charge on any atom is -0.397 e. The fourth-order valence-electron chi connectivity index (χ4n) is 3.18. The summed E-state index contributed by atoms with van der Waals surface area (Å²) < 4.78 is 56.5. The van der Waals surface area contributed by atoms with Crippen LogP contribution in [0.5, 0.6) is 0 Å². The van der Waals surface area contributed by atoms with Crippen molar-refractivity contribution < 1.29 is 17.2 Å². The van der Waals surface area contributed by atoms with Crippen LogP contribution in [0.4, 0.5) is 31.8 Å². The van der Waals surface area contributed by atoms with Crippen LogP contribution < -0.4 is 26.8 Å². The number of guanidine groups is 1. The molecule has 0 spiro atoms. The molecule has 3 rings (SSSR count). The van der Waals surface area contributed by atoms with Crippen LogP contribution in [0, 0.1) is 34.4 Å². The number of nitrogens with zero attached hydrogens (tertiary/aromatic N) is 4. The van der Waals surface area contributed by atoms with Gasteiger partial charge in [0.15, 0.2) is 12.0 Å². The zero-order chi connectivity index (χ0) is 23.6. The van der Waals surface area contributed by atoms with Gasteiger partial charge < -0.3 is 16.8 Å². The van der Waals surface area contributed by atoms with Gasteiger partial charge in [0.1, 0.15) is 35.1 Å². The van der Waals surface area contributed by atoms with E-state index in [0.717, 1.165) is 12.1 Å². The van der Waals surface area contributed by atoms with E-state index in [0.29, 0.717) is 0 Å². The highest BCUT2D eigenvalue weighted by molar-refractivity contribution is 7.92. The van der Waals surface area contributed by atoms with Crippen LogP contribution in [0.2, 0.25) is 0 Å². The second-order valence-electron chi connectivity index (χ2n) is 6.65. The number of benzene rings is 1. The predicted molar refractivity (Wildman–Crippen MR) is 113 cm³/mol. The van der Waals surface area contributed by atoms with Gasteiger partial charge in [-0.05, 0) is 18.6 Å². The predicted octanol–water partition coefficient (Wildman–Crippen LogP) is 1.49. The fraction of sp³-hybridized carbons (Fsp3) is 0.222. The van der Waals surface area contributed by atoms with Gasteiger partial charge in [0.2, 0.25) is 16.0 Å². The minimum absolute atomic E-state index is 0.0643. The normalized spacial score (nSPS) is 14.9. The minimum atomic E-state index is -3.88. The van der Waals surface area contributed by atoms with E-state index in [1.54, 1.807) is 19.2 Å². The Labute approximate surface area is 181 Å². The molecule has 1 aliphatic rings. The number of halogens is 2. The summed E-state index contributed by atoms with van der Waals surface area (Å²) in [6, 6.07) is 2.06. The lowest BCUT2D eigenvalue weighted by Crippen LogP contribution is -2.33. The first kappa shape index (κ1) is 22.5. The van der Waals surface area contributed by atoms with Gasteiger partial charge in [-0.15, -0.1) is 0 Å². The molecule has 0 radical (unpaired) electrons. The van der Waals surface area contributed by atoms with Crippen LogP contribution >= 0.6 is 0 Å². The fourth-order valence-corrected chi connectivity index (χ4v) is 4.31. The van der Waals surface area contributed by atoms with E-state index in [2.05, 4.69) is 25.3 Å². The van der Waals surface area contributed by atoms with Crippen molar-refractivity contribution in [3.63, 3.8) is 0 Å². The molecule has 166 valence electrons. The number of sulfonamides is 1. The molecule has 32 heavy (non-hydrogen) atoms. The van der Waals surface area contributed by atoms with E-state index in [1.807, 2.05) is 0 Å². The lowest BCUT2D eigenvalue weighted by molar-refractivity contribution is 0.545. The molecular formula is C18H17F2N9O2S. The average molecular weight is 461 g/mol. The number of nitrogens with two attached hydrogens (primary N) is 2. The Morgan fingerprint density at radius 3 is 2.59 bits per heavy atom. The van der Waals surface area contributed by atoms with Gasteiger partial charge in [-0.3, -0.25) is 10.0 Å². The largest absolute Gasteiger partial charge is 0.397 e. The summed E-state index contributed by atoms with van der Waals surface area (Å²) >= 11 is 0. The van der Waals surface area contributed by atoms with Crippen LogP contribution in [-0.4, -0.2) is 25.1 Å². The summed E-state index contributed by atoms with van der Waals surface area (Å²) in [7, 11) is -3.88. The molecule has 11 nitrogen and oxygen atoms in total. The molecule has 14 heteroatoms. The monoisotopic (exact) mass is 461 g/mol. The Morgan fingerprint density at radius 2 is 1.97 bits per heavy atom. The number of aromatic nitrogens is 1. The molecule has 0 bridgehead atoms. The molecule has 0 saturated heterocycles. The number of rotatable bonds is 5. The van der Waals surface area contributed by atoms with E-state index >= 15 is 4.39 Å². The molecule has 1 aromatic heterocycles. The van der Waals surface area contributed by atoms with Crippen molar-refractivity contribution in [2.24, 2.45) is 4.99 Å². The first-order chi connectivity index (χ1) is 15.1. The molecule has 2 heterocycles. The van der Waals surface area contributed by atoms with E-state index in [-0.39, 0.29) is 46.6 Å². The molecule has 1 aromatic carbocycles. The summed E-state index contributed by atoms with van der Waals surface area (Å²) in [5.74, 6) is -3.10. The summed E-state index contributed by atoms with van der Waals surface area (Å²) in [5, 5.41) is 23.1. The van der Waals surface area contributed by atoms with Gasteiger partial charge >= 0.3 is 0 Å². The summed E-state index contributed by atoms with van der Waals surface area (Å²) in [6.07, 6.45) is 1.89. The number of nitrogens with one attached hydrogen (secondary N) is 3. The maximum absolute atomic E-state index is 15.4. The molecular weight excluding hydrogens is 444 g/mol. The number of nitriles is 2. The highest BCUT2D eigenvalue weighted by Gasteiger charge is 2.34. The molecule has 1 aliphatic heterocycles. The van der Waals surface area contributed by atoms with E-state index in [1.165, 1.54) is 0 Å². The molecule has 7 N–H and O–H groups in total. The van der Waals surface area contributed by atoms with Crippen LogP contribution in [0.1, 0.15) is 36.1 Å². The molecule has 0 fully saturated rings. The number of hydrogen-bond donors (Lipinski definition) is 5. The Hall–Kier alpha value is -4.17. The molecule has 0 saturated carbocycles. The van der Waals surface area contributed by atoms with Crippen LogP contribution in [0.25, 0.3) is 0 Å². The quantitative estimate of drug-likeness (QED) is 0.324. The van der Waals surface area contributed by atoms with Crippen molar-refractivity contribution in [2.45, 2.75) is 19.4 Å². The van der Waals surface area contributed by atoms with Crippen molar-refractivity contribution in [1.29, 1.82) is 10.5 Å². The van der Waals surface area contributed by atoms with Gasteiger partial charge in [-0.2, -0.15) is 10.5 Å². The Balaban J connectivity index is 2.26. The van der Waals surface area contributed by atoms with E-state index in [9.17, 15) is 18.1 Å². The Morgan fingerprint density at radius 1 is 1.25 bits per heavy atom. The standard InChI is InChI=1S/C18H17F2N9O2S/c1-2-5-32(30,31)29-10-4-3-9(19)11(13(10)20)15-12-14(23)8(6-21)16(24)27-17(12)28-18(26-15)25-7-22/h3-4,15,29H,2,5H2,1H3,(H6,23,24,25,26,27,28). The van der Waals surface area contributed by atoms with Crippen LogP contribution in [0.15, 0.2) is 17.1 Å². The third kappa shape index (κ3) is 4.03. The van der Waals surface area contributed by atoms with Gasteiger partial charge in [-0.1, -0.05) is 6.92 Å². The van der Waals surface area contributed by atoms with E-state index < -0.39 is 39.0 Å². The third-order valence-electron chi connectivity index (χ3n) is 4.50. The molecule has 0 aliphatic carbocycles. The summed E-state index contributed by atoms with van der Waals surface area (Å²) in [5.41, 5.74) is 10.1. The number of fused-ring (bicyclic) bond motifs is 1. The highest BCUT2D eigenvalue weighted by atomic mass is 32.2. The molecule has 0 amide bonds.